The Morgan fingerprint density at radius 2 is 1.77 bits per heavy atom. The molecule has 1 aromatic rings. The van der Waals surface area contributed by atoms with Crippen LogP contribution in [0.1, 0.15) is 37.0 Å². The molecule has 0 aliphatic rings. The van der Waals surface area contributed by atoms with E-state index < -0.39 is 17.8 Å². The van der Waals surface area contributed by atoms with Crippen LogP contribution in [-0.2, 0) is 14.3 Å². The number of carbonyl (C=O) groups excluding carboxylic acids is 3. The van der Waals surface area contributed by atoms with Crippen LogP contribution in [0.2, 0.25) is 0 Å². The van der Waals surface area contributed by atoms with E-state index >= 15 is 0 Å². The number of amides is 2. The topological polar surface area (TPSA) is 75.7 Å². The fourth-order valence-corrected chi connectivity index (χ4v) is 2.02. The molecule has 1 rings (SSSR count). The van der Waals surface area contributed by atoms with Crippen LogP contribution in [0.15, 0.2) is 24.3 Å². The number of nitrogens with one attached hydrogen (secondary N) is 1. The van der Waals surface area contributed by atoms with Gasteiger partial charge in [0.15, 0.2) is 0 Å². The van der Waals surface area contributed by atoms with Gasteiger partial charge in [-0.25, -0.2) is 4.79 Å². The van der Waals surface area contributed by atoms with Crippen molar-refractivity contribution in [2.75, 3.05) is 25.5 Å². The van der Waals surface area contributed by atoms with Gasteiger partial charge in [0.2, 0.25) is 0 Å². The Morgan fingerprint density at radius 3 is 2.32 bits per heavy atom. The first-order valence-corrected chi connectivity index (χ1v) is 7.32. The van der Waals surface area contributed by atoms with E-state index in [9.17, 15) is 14.4 Å². The van der Waals surface area contributed by atoms with Gasteiger partial charge >= 0.3 is 17.8 Å². The number of hydrogen-bond donors (Lipinski definition) is 1. The summed E-state index contributed by atoms with van der Waals surface area (Å²) in [6.45, 7) is 4.99. The van der Waals surface area contributed by atoms with Crippen LogP contribution in [0, 0.1) is 0 Å². The molecule has 1 N–H and O–H groups in total. The number of nitrogens with zero attached hydrogens (tertiary/aromatic N) is 1. The molecule has 6 heteroatoms. The molecule has 22 heavy (non-hydrogen) atoms. The average molecular weight is 306 g/mol. The van der Waals surface area contributed by atoms with Crippen molar-refractivity contribution in [1.29, 1.82) is 0 Å². The largest absolute Gasteiger partial charge is 0.465 e. The lowest BCUT2D eigenvalue weighted by Gasteiger charge is -2.20. The second-order valence-electron chi connectivity index (χ2n) is 4.82. The zero-order chi connectivity index (χ0) is 16.5. The van der Waals surface area contributed by atoms with Gasteiger partial charge in [-0.3, -0.25) is 9.59 Å². The lowest BCUT2D eigenvalue weighted by molar-refractivity contribution is -0.143. The van der Waals surface area contributed by atoms with E-state index in [4.69, 9.17) is 0 Å². The second kappa shape index (κ2) is 8.81. The third kappa shape index (κ3) is 4.87. The fourth-order valence-electron chi connectivity index (χ4n) is 2.02. The summed E-state index contributed by atoms with van der Waals surface area (Å²) in [5.74, 6) is -1.77. The first-order valence-electron chi connectivity index (χ1n) is 7.32. The Labute approximate surface area is 130 Å². The maximum absolute atomic E-state index is 12.1. The molecule has 0 radical (unpaired) electrons. The molecule has 0 unspecified atom stereocenters. The summed E-state index contributed by atoms with van der Waals surface area (Å²) in [7, 11) is 1.28. The van der Waals surface area contributed by atoms with Crippen molar-refractivity contribution in [1.82, 2.24) is 4.90 Å². The molecule has 0 bridgehead atoms. The van der Waals surface area contributed by atoms with Crippen LogP contribution in [0.25, 0.3) is 0 Å². The molecule has 0 saturated heterocycles. The molecule has 0 heterocycles. The van der Waals surface area contributed by atoms with Crippen LogP contribution < -0.4 is 5.32 Å². The summed E-state index contributed by atoms with van der Waals surface area (Å²) in [6.07, 6.45) is 1.58. The van der Waals surface area contributed by atoms with E-state index in [-0.39, 0.29) is 0 Å². The van der Waals surface area contributed by atoms with Crippen LogP contribution in [0.5, 0.6) is 0 Å². The molecule has 0 fully saturated rings. The van der Waals surface area contributed by atoms with Crippen molar-refractivity contribution in [2.24, 2.45) is 0 Å². The van der Waals surface area contributed by atoms with E-state index in [2.05, 4.69) is 10.1 Å². The average Bonchev–Trinajstić information content (AvgIpc) is 2.53. The standard InChI is InChI=1S/C16H22N2O4/c1-4-9-18(10-5-2)15(20)14(19)17-13-8-6-7-12(11-13)16(21)22-3/h6-8,11H,4-5,9-10H2,1-3H3,(H,17,19). The molecule has 1 aromatic carbocycles. The molecule has 0 aliphatic heterocycles. The minimum atomic E-state index is -0.705. The molecular weight excluding hydrogens is 284 g/mol. The van der Waals surface area contributed by atoms with Gasteiger partial charge in [-0.1, -0.05) is 19.9 Å². The smallest absolute Gasteiger partial charge is 0.337 e. The Hall–Kier alpha value is -2.37. The fraction of sp³-hybridized carbons (Fsp3) is 0.438. The molecule has 2 amide bonds. The quantitative estimate of drug-likeness (QED) is 0.645. The maximum atomic E-state index is 12.1. The molecule has 0 atom stereocenters. The number of anilines is 1. The Kier molecular flexibility index (Phi) is 7.08. The molecule has 0 aliphatic carbocycles. The molecule has 120 valence electrons. The van der Waals surface area contributed by atoms with Crippen molar-refractivity contribution < 1.29 is 19.1 Å². The predicted octanol–water partition coefficient (Wildman–Crippen LogP) is 2.06. The van der Waals surface area contributed by atoms with Crippen LogP contribution >= 0.6 is 0 Å². The maximum Gasteiger partial charge on any atom is 0.337 e. The third-order valence-corrected chi connectivity index (χ3v) is 3.01. The Bertz CT molecular complexity index is 537. The first kappa shape index (κ1) is 17.7. The van der Waals surface area contributed by atoms with Crippen molar-refractivity contribution in [2.45, 2.75) is 26.7 Å². The number of hydrogen-bond acceptors (Lipinski definition) is 4. The summed E-state index contributed by atoms with van der Waals surface area (Å²) in [6, 6.07) is 6.27. The lowest BCUT2D eigenvalue weighted by atomic mass is 10.2. The highest BCUT2D eigenvalue weighted by molar-refractivity contribution is 6.39. The summed E-state index contributed by atoms with van der Waals surface area (Å²) in [5, 5.41) is 2.52. The van der Waals surface area contributed by atoms with E-state index in [1.165, 1.54) is 18.1 Å². The predicted molar refractivity (Wildman–Crippen MR) is 83.6 cm³/mol. The summed E-state index contributed by atoms with van der Waals surface area (Å²) < 4.78 is 4.62. The van der Waals surface area contributed by atoms with Crippen molar-refractivity contribution >= 4 is 23.5 Å². The second-order valence-corrected chi connectivity index (χ2v) is 4.82. The molecular formula is C16H22N2O4. The third-order valence-electron chi connectivity index (χ3n) is 3.01. The number of benzene rings is 1. The van der Waals surface area contributed by atoms with Gasteiger partial charge in [0.05, 0.1) is 12.7 Å². The summed E-state index contributed by atoms with van der Waals surface area (Å²) >= 11 is 0. The Morgan fingerprint density at radius 1 is 1.14 bits per heavy atom. The molecule has 0 spiro atoms. The normalized spacial score (nSPS) is 9.95. The van der Waals surface area contributed by atoms with Gasteiger partial charge in [0, 0.05) is 18.8 Å². The highest BCUT2D eigenvalue weighted by Crippen LogP contribution is 2.12. The van der Waals surface area contributed by atoms with Gasteiger partial charge in [-0.2, -0.15) is 0 Å². The van der Waals surface area contributed by atoms with Gasteiger partial charge in [-0.15, -0.1) is 0 Å². The van der Waals surface area contributed by atoms with E-state index in [0.29, 0.717) is 24.3 Å². The van der Waals surface area contributed by atoms with E-state index in [1.807, 2.05) is 13.8 Å². The van der Waals surface area contributed by atoms with Crippen molar-refractivity contribution in [3.05, 3.63) is 29.8 Å². The minimum Gasteiger partial charge on any atom is -0.465 e. The van der Waals surface area contributed by atoms with Gasteiger partial charge in [0.25, 0.3) is 0 Å². The van der Waals surface area contributed by atoms with Crippen LogP contribution in [0.3, 0.4) is 0 Å². The van der Waals surface area contributed by atoms with Gasteiger partial charge in [0.1, 0.15) is 0 Å². The SMILES string of the molecule is CCCN(CCC)C(=O)C(=O)Nc1cccc(C(=O)OC)c1. The first-order chi connectivity index (χ1) is 10.5. The number of methoxy groups -OCH3 is 1. The zero-order valence-corrected chi connectivity index (χ0v) is 13.2. The van der Waals surface area contributed by atoms with Crippen molar-refractivity contribution in [3.63, 3.8) is 0 Å². The molecule has 0 saturated carbocycles. The van der Waals surface area contributed by atoms with E-state index in [1.54, 1.807) is 18.2 Å². The zero-order valence-electron chi connectivity index (χ0n) is 13.2. The minimum absolute atomic E-state index is 0.312. The number of esters is 1. The van der Waals surface area contributed by atoms with Crippen LogP contribution in [-0.4, -0.2) is 42.9 Å². The summed E-state index contributed by atoms with van der Waals surface area (Å²) in [4.78, 5) is 37.1. The van der Waals surface area contributed by atoms with Gasteiger partial charge < -0.3 is 15.0 Å². The van der Waals surface area contributed by atoms with E-state index in [0.717, 1.165) is 12.8 Å². The Balaban J connectivity index is 2.79. The lowest BCUT2D eigenvalue weighted by Crippen LogP contribution is -2.40. The number of ether oxygens (including phenoxy) is 1. The van der Waals surface area contributed by atoms with Crippen molar-refractivity contribution in [3.8, 4) is 0 Å². The molecule has 6 nitrogen and oxygen atoms in total. The van der Waals surface area contributed by atoms with Crippen LogP contribution in [0.4, 0.5) is 5.69 Å². The number of rotatable bonds is 6. The highest BCUT2D eigenvalue weighted by atomic mass is 16.5. The van der Waals surface area contributed by atoms with Gasteiger partial charge in [-0.05, 0) is 31.0 Å². The molecule has 0 aromatic heterocycles. The number of carbonyl (C=O) groups is 3. The highest BCUT2D eigenvalue weighted by Gasteiger charge is 2.20. The summed E-state index contributed by atoms with van der Waals surface area (Å²) in [5.41, 5.74) is 0.695. The monoisotopic (exact) mass is 306 g/mol.